The minimum atomic E-state index is -0.158. The quantitative estimate of drug-likeness (QED) is 0.795. The third-order valence-corrected chi connectivity index (χ3v) is 2.03. The van der Waals surface area contributed by atoms with Gasteiger partial charge in [-0.05, 0) is 12.8 Å². The number of hydrogen-bond donors (Lipinski definition) is 2. The fourth-order valence-corrected chi connectivity index (χ4v) is 1.25. The lowest BCUT2D eigenvalue weighted by atomic mass is 10.3. The molecule has 0 bridgehead atoms. The van der Waals surface area contributed by atoms with E-state index in [0.717, 1.165) is 12.8 Å². The second-order valence-electron chi connectivity index (χ2n) is 3.73. The minimum absolute atomic E-state index is 0.148. The van der Waals surface area contributed by atoms with Crippen LogP contribution in [-0.4, -0.2) is 26.8 Å². The van der Waals surface area contributed by atoms with E-state index in [9.17, 15) is 9.59 Å². The second kappa shape index (κ2) is 7.31. The Morgan fingerprint density at radius 2 is 1.44 bits per heavy atom. The highest BCUT2D eigenvalue weighted by Gasteiger charge is 2.07. The summed E-state index contributed by atoms with van der Waals surface area (Å²) in [7, 11) is 0. The zero-order valence-corrected chi connectivity index (χ0v) is 10.6. The molecule has 0 saturated heterocycles. The number of rotatable bonds is 6. The lowest BCUT2D eigenvalue weighted by molar-refractivity contribution is -0.117. The minimum Gasteiger partial charge on any atom is -0.294 e. The van der Waals surface area contributed by atoms with Crippen molar-refractivity contribution in [2.45, 2.75) is 39.5 Å². The number of amides is 2. The van der Waals surface area contributed by atoms with Gasteiger partial charge in [0.05, 0.1) is 0 Å². The molecule has 0 aliphatic carbocycles. The highest BCUT2D eigenvalue weighted by Crippen LogP contribution is 2.04. The molecule has 7 nitrogen and oxygen atoms in total. The van der Waals surface area contributed by atoms with E-state index < -0.39 is 0 Å². The van der Waals surface area contributed by atoms with Crippen LogP contribution in [0.2, 0.25) is 0 Å². The van der Waals surface area contributed by atoms with E-state index in [2.05, 4.69) is 25.6 Å². The Bertz CT molecular complexity index is 386. The molecule has 0 spiro atoms. The van der Waals surface area contributed by atoms with E-state index in [0.29, 0.717) is 12.8 Å². The van der Waals surface area contributed by atoms with Crippen molar-refractivity contribution in [3.05, 3.63) is 6.33 Å². The highest BCUT2D eigenvalue weighted by atomic mass is 16.2. The number of nitrogens with one attached hydrogen (secondary N) is 2. The summed E-state index contributed by atoms with van der Waals surface area (Å²) in [4.78, 5) is 34.2. The van der Waals surface area contributed by atoms with E-state index >= 15 is 0 Å². The highest BCUT2D eigenvalue weighted by molar-refractivity contribution is 5.90. The maximum atomic E-state index is 11.3. The van der Waals surface area contributed by atoms with Gasteiger partial charge in [0, 0.05) is 12.8 Å². The number of nitrogens with zero attached hydrogens (tertiary/aromatic N) is 3. The Morgan fingerprint density at radius 1 is 1.00 bits per heavy atom. The van der Waals surface area contributed by atoms with Gasteiger partial charge in [-0.3, -0.25) is 20.2 Å². The monoisotopic (exact) mass is 251 g/mol. The average Bonchev–Trinajstić information content (AvgIpc) is 2.29. The number of aromatic nitrogens is 3. The van der Waals surface area contributed by atoms with E-state index in [1.54, 1.807) is 0 Å². The van der Waals surface area contributed by atoms with Crippen LogP contribution in [0.4, 0.5) is 11.9 Å². The van der Waals surface area contributed by atoms with Crippen LogP contribution in [0, 0.1) is 0 Å². The van der Waals surface area contributed by atoms with Crippen LogP contribution < -0.4 is 10.6 Å². The Balaban J connectivity index is 2.61. The summed E-state index contributed by atoms with van der Waals surface area (Å²) >= 11 is 0. The molecule has 0 aliphatic heterocycles. The summed E-state index contributed by atoms with van der Waals surface area (Å²) in [6, 6.07) is 0. The van der Waals surface area contributed by atoms with Gasteiger partial charge in [-0.25, -0.2) is 9.97 Å². The van der Waals surface area contributed by atoms with Crippen molar-refractivity contribution in [3.63, 3.8) is 0 Å². The third kappa shape index (κ3) is 4.86. The lowest BCUT2D eigenvalue weighted by Crippen LogP contribution is -2.17. The predicted molar refractivity (Wildman–Crippen MR) is 66.9 cm³/mol. The zero-order chi connectivity index (χ0) is 13.4. The van der Waals surface area contributed by atoms with Gasteiger partial charge in [-0.15, -0.1) is 0 Å². The maximum Gasteiger partial charge on any atom is 0.234 e. The smallest absolute Gasteiger partial charge is 0.234 e. The molecular formula is C11H17N5O2. The molecule has 0 atom stereocenters. The van der Waals surface area contributed by atoms with Crippen LogP contribution in [0.15, 0.2) is 6.33 Å². The maximum absolute atomic E-state index is 11.3. The number of carbonyl (C=O) groups excluding carboxylic acids is 2. The number of hydrogen-bond acceptors (Lipinski definition) is 5. The summed E-state index contributed by atoms with van der Waals surface area (Å²) in [5.74, 6) is -0.0189. The van der Waals surface area contributed by atoms with Crippen LogP contribution in [0.25, 0.3) is 0 Å². The summed E-state index contributed by atoms with van der Waals surface area (Å²) < 4.78 is 0. The van der Waals surface area contributed by atoms with E-state index in [-0.39, 0.29) is 23.7 Å². The molecule has 0 aromatic carbocycles. The van der Waals surface area contributed by atoms with Crippen LogP contribution >= 0.6 is 0 Å². The van der Waals surface area contributed by atoms with Gasteiger partial charge < -0.3 is 0 Å². The fraction of sp³-hybridized carbons (Fsp3) is 0.545. The molecule has 0 saturated carbocycles. The first-order valence-electron chi connectivity index (χ1n) is 5.94. The van der Waals surface area contributed by atoms with Crippen LogP contribution in [0.1, 0.15) is 39.5 Å². The molecular weight excluding hydrogens is 234 g/mol. The van der Waals surface area contributed by atoms with Crippen molar-refractivity contribution in [2.75, 3.05) is 10.6 Å². The van der Waals surface area contributed by atoms with Crippen LogP contribution in [0.3, 0.4) is 0 Å². The van der Waals surface area contributed by atoms with E-state index in [4.69, 9.17) is 0 Å². The largest absolute Gasteiger partial charge is 0.294 e. The molecule has 18 heavy (non-hydrogen) atoms. The van der Waals surface area contributed by atoms with Crippen molar-refractivity contribution >= 4 is 23.7 Å². The molecule has 7 heteroatoms. The summed E-state index contributed by atoms with van der Waals surface area (Å²) in [5.41, 5.74) is 0. The number of carbonyl (C=O) groups is 2. The molecule has 1 aromatic heterocycles. The zero-order valence-electron chi connectivity index (χ0n) is 10.6. The van der Waals surface area contributed by atoms with Gasteiger partial charge in [-0.2, -0.15) is 4.98 Å². The average molecular weight is 251 g/mol. The fourth-order valence-electron chi connectivity index (χ4n) is 1.25. The van der Waals surface area contributed by atoms with Crippen molar-refractivity contribution in [1.82, 2.24) is 15.0 Å². The molecule has 1 rings (SSSR count). The lowest BCUT2D eigenvalue weighted by Gasteiger charge is -2.05. The van der Waals surface area contributed by atoms with Crippen molar-refractivity contribution in [1.29, 1.82) is 0 Å². The van der Waals surface area contributed by atoms with Gasteiger partial charge in [0.2, 0.25) is 23.7 Å². The molecule has 0 fully saturated rings. The van der Waals surface area contributed by atoms with Gasteiger partial charge in [0.1, 0.15) is 6.33 Å². The Kier molecular flexibility index (Phi) is 5.69. The third-order valence-electron chi connectivity index (χ3n) is 2.03. The van der Waals surface area contributed by atoms with Crippen LogP contribution in [-0.2, 0) is 9.59 Å². The first kappa shape index (κ1) is 14.0. The second-order valence-corrected chi connectivity index (χ2v) is 3.73. The standard InChI is InChI=1S/C11H17N5O2/c1-3-5-8(17)14-10-12-7-13-11(16-10)15-9(18)6-4-2/h7H,3-6H2,1-2H3,(H2,12,13,14,15,16,17,18). The van der Waals surface area contributed by atoms with E-state index in [1.807, 2.05) is 13.8 Å². The van der Waals surface area contributed by atoms with Gasteiger partial charge >= 0.3 is 0 Å². The first-order chi connectivity index (χ1) is 8.65. The van der Waals surface area contributed by atoms with Crippen LogP contribution in [0.5, 0.6) is 0 Å². The first-order valence-corrected chi connectivity index (χ1v) is 5.94. The molecule has 0 aliphatic rings. The molecule has 2 amide bonds. The summed E-state index contributed by atoms with van der Waals surface area (Å²) in [5, 5.41) is 5.07. The summed E-state index contributed by atoms with van der Waals surface area (Å²) in [6.07, 6.45) is 3.55. The van der Waals surface area contributed by atoms with Gasteiger partial charge in [-0.1, -0.05) is 13.8 Å². The molecule has 2 N–H and O–H groups in total. The van der Waals surface area contributed by atoms with Crippen molar-refractivity contribution in [3.8, 4) is 0 Å². The van der Waals surface area contributed by atoms with Crippen molar-refractivity contribution < 1.29 is 9.59 Å². The predicted octanol–water partition coefficient (Wildman–Crippen LogP) is 1.35. The molecule has 0 unspecified atom stereocenters. The van der Waals surface area contributed by atoms with E-state index in [1.165, 1.54) is 6.33 Å². The molecule has 1 aromatic rings. The Labute approximate surface area is 105 Å². The normalized spacial score (nSPS) is 9.89. The molecule has 0 radical (unpaired) electrons. The van der Waals surface area contributed by atoms with Gasteiger partial charge in [0.15, 0.2) is 0 Å². The molecule has 1 heterocycles. The Morgan fingerprint density at radius 3 is 1.83 bits per heavy atom. The topological polar surface area (TPSA) is 96.9 Å². The number of anilines is 2. The molecule has 98 valence electrons. The SMILES string of the molecule is CCCC(=O)Nc1ncnc(NC(=O)CCC)n1. The Hall–Kier alpha value is -2.05. The van der Waals surface area contributed by atoms with Crippen molar-refractivity contribution in [2.24, 2.45) is 0 Å². The van der Waals surface area contributed by atoms with Gasteiger partial charge in [0.25, 0.3) is 0 Å². The summed E-state index contributed by atoms with van der Waals surface area (Å²) in [6.45, 7) is 3.81.